The van der Waals surface area contributed by atoms with Crippen LogP contribution in [0.25, 0.3) is 0 Å². The van der Waals surface area contributed by atoms with E-state index in [0.29, 0.717) is 6.42 Å². The molecule has 0 saturated carbocycles. The first-order valence-electron chi connectivity index (χ1n) is 4.93. The van der Waals surface area contributed by atoms with Gasteiger partial charge in [0, 0.05) is 0 Å². The highest BCUT2D eigenvalue weighted by Crippen LogP contribution is 1.97. The fourth-order valence-electron chi connectivity index (χ4n) is 0.971. The predicted octanol–water partition coefficient (Wildman–Crippen LogP) is -0.934. The Hall–Kier alpha value is -1.14. The van der Waals surface area contributed by atoms with Crippen LogP contribution < -0.4 is 11.1 Å². The van der Waals surface area contributed by atoms with Gasteiger partial charge in [0.25, 0.3) is 0 Å². The van der Waals surface area contributed by atoms with Crippen LogP contribution in [0.1, 0.15) is 26.2 Å². The molecular formula is C9H18N2O4. The van der Waals surface area contributed by atoms with E-state index in [4.69, 9.17) is 15.9 Å². The van der Waals surface area contributed by atoms with Crippen LogP contribution in [-0.2, 0) is 9.59 Å². The molecule has 2 unspecified atom stereocenters. The van der Waals surface area contributed by atoms with Crippen molar-refractivity contribution in [3.63, 3.8) is 0 Å². The number of aliphatic hydroxyl groups excluding tert-OH is 1. The predicted molar refractivity (Wildman–Crippen MR) is 54.2 cm³/mol. The molecule has 15 heavy (non-hydrogen) atoms. The number of aliphatic hydroxyl groups is 1. The van der Waals surface area contributed by atoms with Gasteiger partial charge in [-0.05, 0) is 6.42 Å². The summed E-state index contributed by atoms with van der Waals surface area (Å²) in [5, 5.41) is 19.5. The average molecular weight is 218 g/mol. The maximum absolute atomic E-state index is 11.2. The van der Waals surface area contributed by atoms with Crippen molar-refractivity contribution < 1.29 is 19.8 Å². The Morgan fingerprint density at radius 1 is 1.47 bits per heavy atom. The molecule has 0 heterocycles. The molecule has 0 rings (SSSR count). The molecule has 88 valence electrons. The van der Waals surface area contributed by atoms with Crippen molar-refractivity contribution in [3.05, 3.63) is 0 Å². The normalized spacial score (nSPS) is 14.3. The number of carbonyl (C=O) groups excluding carboxylic acids is 1. The van der Waals surface area contributed by atoms with E-state index >= 15 is 0 Å². The smallest absolute Gasteiger partial charge is 0.334 e. The number of aliphatic carboxylic acids is 1. The summed E-state index contributed by atoms with van der Waals surface area (Å²) in [6.45, 7) is 1.67. The van der Waals surface area contributed by atoms with E-state index in [9.17, 15) is 9.59 Å². The van der Waals surface area contributed by atoms with Gasteiger partial charge in [0.15, 0.2) is 6.10 Å². The Labute approximate surface area is 88.5 Å². The van der Waals surface area contributed by atoms with Crippen LogP contribution in [-0.4, -0.2) is 40.8 Å². The number of rotatable bonds is 7. The number of carbonyl (C=O) groups is 2. The first-order valence-corrected chi connectivity index (χ1v) is 4.93. The molecule has 0 fully saturated rings. The Kier molecular flexibility index (Phi) is 6.64. The summed E-state index contributed by atoms with van der Waals surface area (Å²) in [4.78, 5) is 21.5. The summed E-state index contributed by atoms with van der Waals surface area (Å²) in [5.41, 5.74) is 5.52. The van der Waals surface area contributed by atoms with Crippen LogP contribution >= 0.6 is 0 Å². The Bertz CT molecular complexity index is 220. The Morgan fingerprint density at radius 2 is 2.07 bits per heavy atom. The van der Waals surface area contributed by atoms with Gasteiger partial charge < -0.3 is 21.3 Å². The van der Waals surface area contributed by atoms with Gasteiger partial charge in [0.2, 0.25) is 5.91 Å². The highest BCUT2D eigenvalue weighted by atomic mass is 16.4. The molecule has 6 nitrogen and oxygen atoms in total. The molecule has 2 atom stereocenters. The Balaban J connectivity index is 3.77. The van der Waals surface area contributed by atoms with Crippen LogP contribution in [0.4, 0.5) is 0 Å². The van der Waals surface area contributed by atoms with Crippen molar-refractivity contribution >= 4 is 11.9 Å². The van der Waals surface area contributed by atoms with Crippen LogP contribution in [0.15, 0.2) is 0 Å². The number of carboxylic acids is 1. The molecule has 5 N–H and O–H groups in total. The summed E-state index contributed by atoms with van der Waals surface area (Å²) < 4.78 is 0. The lowest BCUT2D eigenvalue weighted by molar-refractivity contribution is -0.146. The second kappa shape index (κ2) is 7.19. The van der Waals surface area contributed by atoms with Crippen molar-refractivity contribution in [2.75, 3.05) is 6.54 Å². The number of hydrogen-bond donors (Lipinski definition) is 4. The average Bonchev–Trinajstić information content (AvgIpc) is 2.21. The third-order valence-electron chi connectivity index (χ3n) is 1.96. The molecular weight excluding hydrogens is 200 g/mol. The van der Waals surface area contributed by atoms with Crippen LogP contribution in [0.3, 0.4) is 0 Å². The number of hydrogen-bond acceptors (Lipinski definition) is 4. The number of unbranched alkanes of at least 4 members (excludes halogenated alkanes) is 1. The zero-order valence-electron chi connectivity index (χ0n) is 8.77. The molecule has 0 aliphatic heterocycles. The summed E-state index contributed by atoms with van der Waals surface area (Å²) in [6.07, 6.45) is 0.771. The third kappa shape index (κ3) is 6.03. The summed E-state index contributed by atoms with van der Waals surface area (Å²) in [5.74, 6) is -1.79. The Morgan fingerprint density at radius 3 is 2.53 bits per heavy atom. The molecule has 0 aromatic rings. The molecule has 1 amide bonds. The van der Waals surface area contributed by atoms with Gasteiger partial charge in [0.05, 0.1) is 12.6 Å². The highest BCUT2D eigenvalue weighted by Gasteiger charge is 2.17. The summed E-state index contributed by atoms with van der Waals surface area (Å²) in [6, 6.07) is -0.633. The topological polar surface area (TPSA) is 113 Å². The minimum Gasteiger partial charge on any atom is -0.479 e. The molecule has 0 saturated heterocycles. The van der Waals surface area contributed by atoms with E-state index in [0.717, 1.165) is 12.8 Å². The molecule has 0 aliphatic carbocycles. The summed E-state index contributed by atoms with van der Waals surface area (Å²) in [7, 11) is 0. The number of amides is 1. The van der Waals surface area contributed by atoms with E-state index in [-0.39, 0.29) is 6.54 Å². The lowest BCUT2D eigenvalue weighted by Crippen LogP contribution is -2.44. The second-order valence-corrected chi connectivity index (χ2v) is 3.35. The standard InChI is InChI=1S/C9H18N2O4/c1-2-3-4-6(10)8(13)11-5-7(12)9(14)15/h6-7,12H,2-5,10H2,1H3,(H,11,13)(H,14,15). The zero-order valence-corrected chi connectivity index (χ0v) is 8.77. The fourth-order valence-corrected chi connectivity index (χ4v) is 0.971. The maximum atomic E-state index is 11.2. The van der Waals surface area contributed by atoms with Gasteiger partial charge in [-0.1, -0.05) is 19.8 Å². The van der Waals surface area contributed by atoms with Crippen LogP contribution in [0.2, 0.25) is 0 Å². The quantitative estimate of drug-likeness (QED) is 0.441. The van der Waals surface area contributed by atoms with Gasteiger partial charge in [-0.3, -0.25) is 4.79 Å². The second-order valence-electron chi connectivity index (χ2n) is 3.35. The van der Waals surface area contributed by atoms with Gasteiger partial charge in [0.1, 0.15) is 0 Å². The minimum absolute atomic E-state index is 0.312. The molecule has 0 aliphatic rings. The maximum Gasteiger partial charge on any atom is 0.334 e. The van der Waals surface area contributed by atoms with Crippen molar-refractivity contribution in [2.45, 2.75) is 38.3 Å². The SMILES string of the molecule is CCCCC(N)C(=O)NCC(O)C(=O)O. The van der Waals surface area contributed by atoms with E-state index in [1.807, 2.05) is 6.92 Å². The fraction of sp³-hybridized carbons (Fsp3) is 0.778. The van der Waals surface area contributed by atoms with E-state index in [2.05, 4.69) is 5.32 Å². The molecule has 0 bridgehead atoms. The number of nitrogens with two attached hydrogens (primary N) is 1. The largest absolute Gasteiger partial charge is 0.479 e. The van der Waals surface area contributed by atoms with Crippen molar-refractivity contribution in [1.29, 1.82) is 0 Å². The lowest BCUT2D eigenvalue weighted by Gasteiger charge is -2.12. The highest BCUT2D eigenvalue weighted by molar-refractivity contribution is 5.82. The molecule has 0 radical (unpaired) electrons. The van der Waals surface area contributed by atoms with Crippen LogP contribution in [0, 0.1) is 0 Å². The minimum atomic E-state index is -1.58. The third-order valence-corrected chi connectivity index (χ3v) is 1.96. The zero-order chi connectivity index (χ0) is 11.8. The lowest BCUT2D eigenvalue weighted by atomic mass is 10.1. The molecule has 0 spiro atoms. The van der Waals surface area contributed by atoms with E-state index < -0.39 is 24.0 Å². The van der Waals surface area contributed by atoms with Gasteiger partial charge in [-0.15, -0.1) is 0 Å². The van der Waals surface area contributed by atoms with Gasteiger partial charge in [-0.2, -0.15) is 0 Å². The van der Waals surface area contributed by atoms with Crippen molar-refractivity contribution in [1.82, 2.24) is 5.32 Å². The number of nitrogens with one attached hydrogen (secondary N) is 1. The molecule has 6 heteroatoms. The monoisotopic (exact) mass is 218 g/mol. The van der Waals surface area contributed by atoms with Gasteiger partial charge >= 0.3 is 5.97 Å². The van der Waals surface area contributed by atoms with Crippen molar-refractivity contribution in [2.24, 2.45) is 5.73 Å². The van der Waals surface area contributed by atoms with Gasteiger partial charge in [-0.25, -0.2) is 4.79 Å². The van der Waals surface area contributed by atoms with E-state index in [1.165, 1.54) is 0 Å². The first-order chi connectivity index (χ1) is 6.99. The van der Waals surface area contributed by atoms with E-state index in [1.54, 1.807) is 0 Å². The summed E-state index contributed by atoms with van der Waals surface area (Å²) >= 11 is 0. The van der Waals surface area contributed by atoms with Crippen molar-refractivity contribution in [3.8, 4) is 0 Å². The molecule has 0 aromatic carbocycles. The number of carboxylic acid groups (broad SMARTS) is 1. The van der Waals surface area contributed by atoms with Crippen LogP contribution in [0.5, 0.6) is 0 Å². The first kappa shape index (κ1) is 13.9. The molecule has 0 aromatic heterocycles.